The molecule has 1 saturated carbocycles. The van der Waals surface area contributed by atoms with Crippen LogP contribution in [0.5, 0.6) is 11.5 Å². The number of ether oxygens (including phenoxy) is 2. The molecule has 1 saturated heterocycles. The fourth-order valence-corrected chi connectivity index (χ4v) is 6.15. The number of fused-ring (bicyclic) bond motifs is 1. The highest BCUT2D eigenvalue weighted by Gasteiger charge is 2.42. The monoisotopic (exact) mass is 483 g/mol. The van der Waals surface area contributed by atoms with Crippen LogP contribution in [0.15, 0.2) is 51.8 Å². The highest BCUT2D eigenvalue weighted by molar-refractivity contribution is 7.90. The fourth-order valence-electron chi connectivity index (χ4n) is 5.06. The predicted molar refractivity (Wildman–Crippen MR) is 129 cm³/mol. The van der Waals surface area contributed by atoms with Crippen LogP contribution in [0, 0.1) is 0 Å². The van der Waals surface area contributed by atoms with E-state index in [9.17, 15) is 13.2 Å². The molecule has 0 bridgehead atoms. The number of nitrogens with one attached hydrogen (secondary N) is 1. The van der Waals surface area contributed by atoms with Gasteiger partial charge in [-0.15, -0.1) is 4.40 Å². The van der Waals surface area contributed by atoms with Crippen LogP contribution in [0.4, 0.5) is 5.69 Å². The first kappa shape index (κ1) is 22.7. The first-order chi connectivity index (χ1) is 16.4. The van der Waals surface area contributed by atoms with Gasteiger partial charge in [-0.05, 0) is 61.2 Å². The maximum absolute atomic E-state index is 13.6. The predicted octanol–water partition coefficient (Wildman–Crippen LogP) is 4.07. The maximum Gasteiger partial charge on any atom is 0.283 e. The van der Waals surface area contributed by atoms with Crippen molar-refractivity contribution >= 4 is 27.5 Å². The van der Waals surface area contributed by atoms with E-state index in [1.54, 1.807) is 12.1 Å². The summed E-state index contributed by atoms with van der Waals surface area (Å²) in [5.41, 5.74) is 0.813. The summed E-state index contributed by atoms with van der Waals surface area (Å²) in [6, 6.07) is 12.0. The second-order valence-electron chi connectivity index (χ2n) is 9.20. The summed E-state index contributed by atoms with van der Waals surface area (Å²) < 4.78 is 40.4. The Kier molecular flexibility index (Phi) is 5.97. The second-order valence-corrected chi connectivity index (χ2v) is 10.8. The Labute approximate surface area is 200 Å². The van der Waals surface area contributed by atoms with Gasteiger partial charge in [0.05, 0.1) is 10.3 Å². The summed E-state index contributed by atoms with van der Waals surface area (Å²) in [7, 11) is -1.95. The zero-order chi connectivity index (χ0) is 23.8. The van der Waals surface area contributed by atoms with Crippen molar-refractivity contribution in [2.45, 2.75) is 55.3 Å². The average Bonchev–Trinajstić information content (AvgIpc) is 3.48. The Morgan fingerprint density at radius 3 is 2.44 bits per heavy atom. The van der Waals surface area contributed by atoms with Crippen molar-refractivity contribution < 1.29 is 22.7 Å². The molecule has 34 heavy (non-hydrogen) atoms. The minimum Gasteiger partial charge on any atom is -0.454 e. The standard InChI is InChI=1S/C25H29N3O5S/c1-28-15-5-6-23(28)27-34(30,31)20-10-8-19(9-11-20)26-24(29)25(13-3-2-4-14-25)18-7-12-21-22(16-18)33-17-32-21/h7-12,16H,2-6,13-15,17H2,1H3,(H,26,29)/b27-23+. The molecule has 1 aliphatic carbocycles. The van der Waals surface area contributed by atoms with Crippen molar-refractivity contribution in [1.82, 2.24) is 4.90 Å². The van der Waals surface area contributed by atoms with Gasteiger partial charge >= 0.3 is 0 Å². The zero-order valence-electron chi connectivity index (χ0n) is 19.2. The number of anilines is 1. The normalized spacial score (nSPS) is 20.5. The molecule has 0 spiro atoms. The molecule has 3 aliphatic rings. The molecule has 0 aromatic heterocycles. The number of likely N-dealkylation sites (tertiary alicyclic amines) is 1. The Morgan fingerprint density at radius 1 is 1.00 bits per heavy atom. The van der Waals surface area contributed by atoms with Gasteiger partial charge in [-0.25, -0.2) is 0 Å². The van der Waals surface area contributed by atoms with Crippen LogP contribution in [0.2, 0.25) is 0 Å². The van der Waals surface area contributed by atoms with Crippen LogP contribution in [0.25, 0.3) is 0 Å². The first-order valence-electron chi connectivity index (χ1n) is 11.7. The number of sulfonamides is 1. The van der Waals surface area contributed by atoms with Crippen LogP contribution in [-0.2, 0) is 20.2 Å². The van der Waals surface area contributed by atoms with Gasteiger partial charge in [0.15, 0.2) is 11.5 Å². The minimum absolute atomic E-state index is 0.0884. The summed E-state index contributed by atoms with van der Waals surface area (Å²) in [5.74, 6) is 1.86. The summed E-state index contributed by atoms with van der Waals surface area (Å²) in [5, 5.41) is 3.03. The third kappa shape index (κ3) is 4.24. The lowest BCUT2D eigenvalue weighted by Gasteiger charge is -2.36. The number of carbonyl (C=O) groups excluding carboxylic acids is 1. The van der Waals surface area contributed by atoms with Crippen LogP contribution in [0.3, 0.4) is 0 Å². The van der Waals surface area contributed by atoms with Crippen molar-refractivity contribution in [3.05, 3.63) is 48.0 Å². The number of hydrogen-bond donors (Lipinski definition) is 1. The smallest absolute Gasteiger partial charge is 0.283 e. The third-order valence-electron chi connectivity index (χ3n) is 7.04. The molecule has 180 valence electrons. The molecule has 2 aliphatic heterocycles. The van der Waals surface area contributed by atoms with E-state index in [0.29, 0.717) is 29.4 Å². The Balaban J connectivity index is 1.37. The van der Waals surface area contributed by atoms with E-state index < -0.39 is 15.4 Å². The third-order valence-corrected chi connectivity index (χ3v) is 8.36. The maximum atomic E-state index is 13.6. The number of nitrogens with zero attached hydrogens (tertiary/aromatic N) is 2. The number of carbonyl (C=O) groups is 1. The van der Waals surface area contributed by atoms with Crippen molar-refractivity contribution in [3.8, 4) is 11.5 Å². The molecule has 8 nitrogen and oxygen atoms in total. The van der Waals surface area contributed by atoms with Crippen LogP contribution >= 0.6 is 0 Å². The van der Waals surface area contributed by atoms with Gasteiger partial charge in [0.25, 0.3) is 10.0 Å². The van der Waals surface area contributed by atoms with Crippen molar-refractivity contribution in [1.29, 1.82) is 0 Å². The van der Waals surface area contributed by atoms with Crippen LogP contribution in [0.1, 0.15) is 50.5 Å². The molecule has 2 heterocycles. The first-order valence-corrected chi connectivity index (χ1v) is 13.2. The second kappa shape index (κ2) is 8.94. The molecular formula is C25H29N3O5S. The average molecular weight is 484 g/mol. The summed E-state index contributed by atoms with van der Waals surface area (Å²) in [6.45, 7) is 1.000. The molecule has 2 aromatic carbocycles. The van der Waals surface area contributed by atoms with Gasteiger partial charge in [-0.1, -0.05) is 25.3 Å². The quantitative estimate of drug-likeness (QED) is 0.689. The van der Waals surface area contributed by atoms with E-state index in [-0.39, 0.29) is 17.6 Å². The molecule has 0 atom stereocenters. The lowest BCUT2D eigenvalue weighted by molar-refractivity contribution is -0.122. The van der Waals surface area contributed by atoms with Crippen LogP contribution in [-0.4, -0.2) is 45.4 Å². The van der Waals surface area contributed by atoms with Gasteiger partial charge in [-0.3, -0.25) is 4.79 Å². The minimum atomic E-state index is -3.80. The van der Waals surface area contributed by atoms with E-state index in [0.717, 1.165) is 50.6 Å². The molecule has 0 unspecified atom stereocenters. The fraction of sp³-hybridized carbons (Fsp3) is 0.440. The number of hydrogen-bond acceptors (Lipinski definition) is 5. The topological polar surface area (TPSA) is 97.3 Å². The van der Waals surface area contributed by atoms with E-state index >= 15 is 0 Å². The van der Waals surface area contributed by atoms with Gasteiger partial charge in [0.2, 0.25) is 12.7 Å². The van der Waals surface area contributed by atoms with E-state index in [1.807, 2.05) is 30.1 Å². The Hall–Kier alpha value is -3.07. The van der Waals surface area contributed by atoms with Crippen molar-refractivity contribution in [3.63, 3.8) is 0 Å². The van der Waals surface area contributed by atoms with E-state index in [2.05, 4.69) is 9.71 Å². The lowest BCUT2D eigenvalue weighted by atomic mass is 9.68. The summed E-state index contributed by atoms with van der Waals surface area (Å²) >= 11 is 0. The van der Waals surface area contributed by atoms with Gasteiger partial charge in [0.1, 0.15) is 5.84 Å². The molecule has 0 radical (unpaired) electrons. The molecule has 1 N–H and O–H groups in total. The van der Waals surface area contributed by atoms with Gasteiger partial charge in [-0.2, -0.15) is 8.42 Å². The number of amides is 1. The molecule has 9 heteroatoms. The van der Waals surface area contributed by atoms with Crippen molar-refractivity contribution in [2.24, 2.45) is 4.40 Å². The number of amidine groups is 1. The molecule has 2 fully saturated rings. The van der Waals surface area contributed by atoms with Crippen molar-refractivity contribution in [2.75, 3.05) is 25.7 Å². The summed E-state index contributed by atoms with van der Waals surface area (Å²) in [6.07, 6.45) is 6.09. The number of benzene rings is 2. The highest BCUT2D eigenvalue weighted by Crippen LogP contribution is 2.44. The zero-order valence-corrected chi connectivity index (χ0v) is 20.1. The molecule has 2 aromatic rings. The summed E-state index contributed by atoms with van der Waals surface area (Å²) in [4.78, 5) is 15.6. The lowest BCUT2D eigenvalue weighted by Crippen LogP contribution is -2.42. The number of rotatable bonds is 5. The largest absolute Gasteiger partial charge is 0.454 e. The van der Waals surface area contributed by atoms with Crippen LogP contribution < -0.4 is 14.8 Å². The Bertz CT molecular complexity index is 1220. The molecular weight excluding hydrogens is 454 g/mol. The highest BCUT2D eigenvalue weighted by atomic mass is 32.2. The molecule has 1 amide bonds. The van der Waals surface area contributed by atoms with E-state index in [1.165, 1.54) is 12.1 Å². The van der Waals surface area contributed by atoms with Gasteiger partial charge < -0.3 is 19.7 Å². The SMILES string of the molecule is CN1CCC/C1=N\S(=O)(=O)c1ccc(NC(=O)C2(c3ccc4c(c3)OCO4)CCCCC2)cc1. The molecule has 5 rings (SSSR count). The van der Waals surface area contributed by atoms with Gasteiger partial charge in [0, 0.05) is 25.7 Å². The Morgan fingerprint density at radius 2 is 1.74 bits per heavy atom. The van der Waals surface area contributed by atoms with E-state index in [4.69, 9.17) is 9.47 Å².